The molecule has 3 aliphatic rings. The number of aryl methyl sites for hydroxylation is 1. The number of halogens is 2. The van der Waals surface area contributed by atoms with Gasteiger partial charge in [-0.25, -0.2) is 4.39 Å². The number of allylic oxidation sites excluding steroid dienone is 1. The third-order valence-corrected chi connectivity index (χ3v) is 9.24. The molecule has 3 saturated carbocycles. The molecule has 0 saturated heterocycles. The molecule has 0 radical (unpaired) electrons. The van der Waals surface area contributed by atoms with Crippen LogP contribution >= 0.6 is 0 Å². The van der Waals surface area contributed by atoms with E-state index >= 15 is 0 Å². The molecule has 1 aromatic carbocycles. The van der Waals surface area contributed by atoms with Crippen molar-refractivity contribution in [3.63, 3.8) is 0 Å². The molecule has 0 aromatic heterocycles. The molecule has 1 aromatic rings. The molecule has 0 aliphatic heterocycles. The summed E-state index contributed by atoms with van der Waals surface area (Å²) in [6.45, 7) is 6.48. The molecule has 1 nitrogen and oxygen atoms in total. The lowest BCUT2D eigenvalue weighted by molar-refractivity contribution is 0.0544. The van der Waals surface area contributed by atoms with Crippen molar-refractivity contribution >= 4 is 0 Å². The molecular formula is C30H44F2O. The van der Waals surface area contributed by atoms with Crippen molar-refractivity contribution in [3.8, 4) is 5.75 Å². The van der Waals surface area contributed by atoms with Crippen molar-refractivity contribution < 1.29 is 13.5 Å². The van der Waals surface area contributed by atoms with Crippen molar-refractivity contribution in [1.82, 2.24) is 0 Å². The van der Waals surface area contributed by atoms with Crippen molar-refractivity contribution in [1.29, 1.82) is 0 Å². The van der Waals surface area contributed by atoms with Crippen molar-refractivity contribution in [2.45, 2.75) is 96.8 Å². The molecule has 0 spiro atoms. The summed E-state index contributed by atoms with van der Waals surface area (Å²) in [4.78, 5) is 0. The van der Waals surface area contributed by atoms with Gasteiger partial charge in [-0.1, -0.05) is 38.3 Å². The van der Waals surface area contributed by atoms with Crippen LogP contribution in [0.2, 0.25) is 0 Å². The Labute approximate surface area is 200 Å². The zero-order valence-electron chi connectivity index (χ0n) is 20.7. The molecule has 0 amide bonds. The number of benzene rings is 1. The molecule has 3 aliphatic carbocycles. The molecule has 3 heteroatoms. The van der Waals surface area contributed by atoms with E-state index in [1.807, 2.05) is 0 Å². The summed E-state index contributed by atoms with van der Waals surface area (Å²) >= 11 is 0. The van der Waals surface area contributed by atoms with Crippen molar-refractivity contribution in [2.24, 2.45) is 35.5 Å². The van der Waals surface area contributed by atoms with Gasteiger partial charge in [0.15, 0.2) is 11.6 Å². The predicted molar refractivity (Wildman–Crippen MR) is 132 cm³/mol. The van der Waals surface area contributed by atoms with Gasteiger partial charge >= 0.3 is 0 Å². The first-order valence-corrected chi connectivity index (χ1v) is 13.8. The van der Waals surface area contributed by atoms with Gasteiger partial charge in [-0.05, 0) is 118 Å². The number of ether oxygens (including phenoxy) is 1. The zero-order chi connectivity index (χ0) is 23.2. The molecule has 0 heterocycles. The smallest absolute Gasteiger partial charge is 0.200 e. The second-order valence-corrected chi connectivity index (χ2v) is 11.3. The fraction of sp³-hybridized carbons (Fsp3) is 0.733. The molecular weight excluding hydrogens is 414 g/mol. The van der Waals surface area contributed by atoms with Gasteiger partial charge in [0.05, 0.1) is 6.61 Å². The minimum absolute atomic E-state index is 0.0639. The maximum Gasteiger partial charge on any atom is 0.200 e. The van der Waals surface area contributed by atoms with Crippen molar-refractivity contribution in [3.05, 3.63) is 42.0 Å². The third-order valence-electron chi connectivity index (χ3n) is 9.24. The Kier molecular flexibility index (Phi) is 8.88. The Bertz CT molecular complexity index is 767. The Morgan fingerprint density at radius 1 is 0.848 bits per heavy atom. The summed E-state index contributed by atoms with van der Waals surface area (Å²) in [7, 11) is 0. The number of fused-ring (bicyclic) bond motifs is 1. The lowest BCUT2D eigenvalue weighted by Crippen LogP contribution is -2.35. The summed E-state index contributed by atoms with van der Waals surface area (Å²) < 4.78 is 34.5. The van der Waals surface area contributed by atoms with Crippen LogP contribution in [0, 0.1) is 47.1 Å². The van der Waals surface area contributed by atoms with E-state index in [0.717, 1.165) is 42.4 Å². The summed E-state index contributed by atoms with van der Waals surface area (Å²) in [6, 6.07) is 3.25. The molecule has 4 rings (SSSR count). The third kappa shape index (κ3) is 6.20. The average Bonchev–Trinajstić information content (AvgIpc) is 2.84. The molecule has 0 bridgehead atoms. The van der Waals surface area contributed by atoms with E-state index in [0.29, 0.717) is 30.9 Å². The minimum atomic E-state index is -0.837. The average molecular weight is 459 g/mol. The topological polar surface area (TPSA) is 9.23 Å². The van der Waals surface area contributed by atoms with Gasteiger partial charge in [0.25, 0.3) is 0 Å². The van der Waals surface area contributed by atoms with Crippen LogP contribution in [-0.2, 0) is 6.42 Å². The maximum absolute atomic E-state index is 14.4. The maximum atomic E-state index is 14.4. The van der Waals surface area contributed by atoms with Crippen molar-refractivity contribution in [2.75, 3.05) is 6.61 Å². The van der Waals surface area contributed by atoms with Crippen LogP contribution < -0.4 is 4.74 Å². The highest BCUT2D eigenvalue weighted by atomic mass is 19.2. The van der Waals surface area contributed by atoms with Gasteiger partial charge in [0, 0.05) is 0 Å². The largest absolute Gasteiger partial charge is 0.490 e. The summed E-state index contributed by atoms with van der Waals surface area (Å²) in [5.41, 5.74) is 0.397. The second kappa shape index (κ2) is 11.8. The summed E-state index contributed by atoms with van der Waals surface area (Å²) in [5, 5.41) is 0. The molecule has 184 valence electrons. The standard InChI is InChI=1S/C30H44F2O/c1-3-5-7-24-16-17-28(30(32)29(24)31)33-20-22-9-11-23(12-10-22)26-15-14-25-18-21(6-4-2)8-13-27(25)19-26/h3,16-17,21-23,25-27H,1,4-15,18-20H2,2H3. The van der Waals surface area contributed by atoms with Crippen LogP contribution in [0.4, 0.5) is 8.78 Å². The van der Waals surface area contributed by atoms with Gasteiger partial charge in [-0.15, -0.1) is 6.58 Å². The molecule has 3 fully saturated rings. The van der Waals surface area contributed by atoms with E-state index in [4.69, 9.17) is 4.74 Å². The Morgan fingerprint density at radius 3 is 2.21 bits per heavy atom. The number of hydrogen-bond acceptors (Lipinski definition) is 1. The van der Waals surface area contributed by atoms with Crippen LogP contribution in [0.15, 0.2) is 24.8 Å². The lowest BCUT2D eigenvalue weighted by Gasteiger charge is -2.45. The quantitative estimate of drug-likeness (QED) is 0.336. The van der Waals surface area contributed by atoms with Gasteiger partial charge in [-0.2, -0.15) is 4.39 Å². The second-order valence-electron chi connectivity index (χ2n) is 11.3. The van der Waals surface area contributed by atoms with Crippen LogP contribution in [0.1, 0.15) is 96.0 Å². The van der Waals surface area contributed by atoms with Crippen LogP contribution in [0.25, 0.3) is 0 Å². The summed E-state index contributed by atoms with van der Waals surface area (Å²) in [6.07, 6.45) is 19.3. The molecule has 4 unspecified atom stereocenters. The molecule has 33 heavy (non-hydrogen) atoms. The predicted octanol–water partition coefficient (Wildman–Crippen LogP) is 8.90. The van der Waals surface area contributed by atoms with E-state index in [9.17, 15) is 8.78 Å². The summed E-state index contributed by atoms with van der Waals surface area (Å²) in [5.74, 6) is 3.72. The first kappa shape index (κ1) is 24.7. The first-order valence-electron chi connectivity index (χ1n) is 13.8. The minimum Gasteiger partial charge on any atom is -0.490 e. The van der Waals surface area contributed by atoms with E-state index in [1.54, 1.807) is 18.2 Å². The highest BCUT2D eigenvalue weighted by Gasteiger charge is 2.38. The van der Waals surface area contributed by atoms with Gasteiger partial charge < -0.3 is 4.74 Å². The van der Waals surface area contributed by atoms with E-state index in [-0.39, 0.29) is 5.75 Å². The highest BCUT2D eigenvalue weighted by Crippen LogP contribution is 2.49. The zero-order valence-corrected chi connectivity index (χ0v) is 20.7. The highest BCUT2D eigenvalue weighted by molar-refractivity contribution is 5.31. The van der Waals surface area contributed by atoms with Gasteiger partial charge in [-0.3, -0.25) is 0 Å². The SMILES string of the molecule is C=CCCc1ccc(OCC2CCC(C3CCC4CC(CCC)CCC4C3)CC2)c(F)c1F. The first-order chi connectivity index (χ1) is 16.1. The normalized spacial score (nSPS) is 32.2. The van der Waals surface area contributed by atoms with Crippen LogP contribution in [-0.4, -0.2) is 6.61 Å². The van der Waals surface area contributed by atoms with E-state index in [1.165, 1.54) is 64.2 Å². The van der Waals surface area contributed by atoms with Crippen LogP contribution in [0.3, 0.4) is 0 Å². The molecule has 4 atom stereocenters. The van der Waals surface area contributed by atoms with Gasteiger partial charge in [0.1, 0.15) is 0 Å². The Morgan fingerprint density at radius 2 is 1.48 bits per heavy atom. The van der Waals surface area contributed by atoms with E-state index < -0.39 is 11.6 Å². The fourth-order valence-electron chi connectivity index (χ4n) is 7.29. The molecule has 0 N–H and O–H groups in total. The lowest BCUT2D eigenvalue weighted by atomic mass is 9.60. The Balaban J connectivity index is 1.21. The van der Waals surface area contributed by atoms with Crippen LogP contribution in [0.5, 0.6) is 5.75 Å². The number of hydrogen-bond donors (Lipinski definition) is 0. The fourth-order valence-corrected chi connectivity index (χ4v) is 7.29. The van der Waals surface area contributed by atoms with E-state index in [2.05, 4.69) is 13.5 Å². The number of rotatable bonds is 9. The monoisotopic (exact) mass is 458 g/mol. The Hall–Kier alpha value is -1.38. The van der Waals surface area contributed by atoms with Gasteiger partial charge in [0.2, 0.25) is 5.82 Å².